The van der Waals surface area contributed by atoms with Crippen LogP contribution >= 0.6 is 23.1 Å². The summed E-state index contributed by atoms with van der Waals surface area (Å²) in [6, 6.07) is 15.1. The Labute approximate surface area is 161 Å². The fraction of sp³-hybridized carbons (Fsp3) is 0.200. The van der Waals surface area contributed by atoms with Crippen LogP contribution in [0.1, 0.15) is 28.5 Å². The summed E-state index contributed by atoms with van der Waals surface area (Å²) < 4.78 is 6.61. The van der Waals surface area contributed by atoms with Gasteiger partial charge in [0.1, 0.15) is 10.1 Å². The number of hydrogen-bond donors (Lipinski definition) is 1. The summed E-state index contributed by atoms with van der Waals surface area (Å²) in [4.78, 5) is 16.9. The van der Waals surface area contributed by atoms with Gasteiger partial charge in [-0.25, -0.2) is 4.98 Å². The van der Waals surface area contributed by atoms with Gasteiger partial charge < -0.3 is 10.1 Å². The highest BCUT2D eigenvalue weighted by atomic mass is 32.2. The van der Waals surface area contributed by atoms with E-state index in [4.69, 9.17) is 4.74 Å². The van der Waals surface area contributed by atoms with Crippen molar-refractivity contribution < 1.29 is 9.53 Å². The van der Waals surface area contributed by atoms with Crippen molar-refractivity contribution in [3.05, 3.63) is 70.7 Å². The number of carbonyl (C=O) groups is 1. The molecular formula is C20H20N2O2S2. The van der Waals surface area contributed by atoms with Crippen LogP contribution in [-0.2, 0) is 5.75 Å². The van der Waals surface area contributed by atoms with Gasteiger partial charge in [-0.05, 0) is 43.7 Å². The summed E-state index contributed by atoms with van der Waals surface area (Å²) in [5.41, 5.74) is 3.51. The number of para-hydroxylation sites is 2. The number of rotatable bonds is 7. The lowest BCUT2D eigenvalue weighted by atomic mass is 10.1. The summed E-state index contributed by atoms with van der Waals surface area (Å²) >= 11 is 3.37. The molecule has 1 amide bonds. The highest BCUT2D eigenvalue weighted by molar-refractivity contribution is 8.00. The number of aryl methyl sites for hydroxylation is 1. The zero-order chi connectivity index (χ0) is 18.4. The maximum atomic E-state index is 12.5. The fourth-order valence-corrected chi connectivity index (χ4v) is 4.15. The summed E-state index contributed by atoms with van der Waals surface area (Å²) in [7, 11) is 0. The Kier molecular flexibility index (Phi) is 6.30. The van der Waals surface area contributed by atoms with E-state index in [0.29, 0.717) is 23.6 Å². The van der Waals surface area contributed by atoms with Crippen LogP contribution in [-0.4, -0.2) is 17.5 Å². The lowest BCUT2D eigenvalue weighted by molar-refractivity contribution is 0.102. The summed E-state index contributed by atoms with van der Waals surface area (Å²) in [5, 5.41) is 4.97. The normalized spacial score (nSPS) is 10.5. The lowest BCUT2D eigenvalue weighted by Gasteiger charge is -2.11. The van der Waals surface area contributed by atoms with E-state index in [9.17, 15) is 4.79 Å². The molecule has 3 rings (SSSR count). The van der Waals surface area contributed by atoms with E-state index >= 15 is 0 Å². The minimum Gasteiger partial charge on any atom is -0.492 e. The first-order valence-electron chi connectivity index (χ1n) is 8.32. The summed E-state index contributed by atoms with van der Waals surface area (Å²) in [6.07, 6.45) is 0. The van der Waals surface area contributed by atoms with Crippen molar-refractivity contribution in [2.75, 3.05) is 11.9 Å². The number of ether oxygens (including phenoxy) is 1. The number of nitrogens with one attached hydrogen (secondary N) is 1. The van der Waals surface area contributed by atoms with E-state index in [0.717, 1.165) is 21.3 Å². The van der Waals surface area contributed by atoms with Crippen LogP contribution < -0.4 is 10.1 Å². The van der Waals surface area contributed by atoms with Gasteiger partial charge in [-0.1, -0.05) is 36.0 Å². The van der Waals surface area contributed by atoms with E-state index < -0.39 is 0 Å². The van der Waals surface area contributed by atoms with Crippen LogP contribution in [0.15, 0.2) is 58.3 Å². The second-order valence-corrected chi connectivity index (χ2v) is 7.70. The first-order chi connectivity index (χ1) is 12.7. The zero-order valence-corrected chi connectivity index (χ0v) is 16.3. The molecule has 0 bridgehead atoms. The lowest BCUT2D eigenvalue weighted by Crippen LogP contribution is -2.12. The monoisotopic (exact) mass is 384 g/mol. The Bertz CT molecular complexity index is 876. The highest BCUT2D eigenvalue weighted by Crippen LogP contribution is 2.27. The van der Waals surface area contributed by atoms with Crippen LogP contribution in [0.5, 0.6) is 5.75 Å². The zero-order valence-electron chi connectivity index (χ0n) is 14.7. The maximum Gasteiger partial charge on any atom is 0.255 e. The van der Waals surface area contributed by atoms with Crippen molar-refractivity contribution in [2.24, 2.45) is 0 Å². The number of thioether (sulfide) groups is 1. The molecule has 0 saturated carbocycles. The number of thiazole rings is 1. The number of carbonyl (C=O) groups excluding carboxylic acids is 1. The Balaban J connectivity index is 1.62. The molecule has 26 heavy (non-hydrogen) atoms. The molecule has 0 atom stereocenters. The largest absolute Gasteiger partial charge is 0.492 e. The highest BCUT2D eigenvalue weighted by Gasteiger charge is 2.10. The third-order valence-corrected chi connectivity index (χ3v) is 5.82. The predicted molar refractivity (Wildman–Crippen MR) is 108 cm³/mol. The van der Waals surface area contributed by atoms with Crippen molar-refractivity contribution >= 4 is 34.7 Å². The third-order valence-electron chi connectivity index (χ3n) is 3.61. The minimum atomic E-state index is -0.146. The molecule has 6 heteroatoms. The van der Waals surface area contributed by atoms with Gasteiger partial charge in [0.2, 0.25) is 0 Å². The van der Waals surface area contributed by atoms with Gasteiger partial charge in [0.05, 0.1) is 12.3 Å². The number of hydrogen-bond acceptors (Lipinski definition) is 5. The van der Waals surface area contributed by atoms with Crippen LogP contribution in [0.25, 0.3) is 0 Å². The fourth-order valence-electron chi connectivity index (χ4n) is 2.34. The molecule has 0 fully saturated rings. The van der Waals surface area contributed by atoms with Crippen molar-refractivity contribution in [1.29, 1.82) is 0 Å². The second-order valence-electron chi connectivity index (χ2n) is 5.62. The molecule has 134 valence electrons. The van der Waals surface area contributed by atoms with Crippen molar-refractivity contribution in [1.82, 2.24) is 4.98 Å². The molecule has 0 aliphatic carbocycles. The van der Waals surface area contributed by atoms with Crippen molar-refractivity contribution in [2.45, 2.75) is 23.9 Å². The smallest absolute Gasteiger partial charge is 0.255 e. The van der Waals surface area contributed by atoms with Crippen LogP contribution in [0.4, 0.5) is 5.69 Å². The maximum absolute atomic E-state index is 12.5. The topological polar surface area (TPSA) is 51.2 Å². The Morgan fingerprint density at radius 2 is 1.96 bits per heavy atom. The van der Waals surface area contributed by atoms with Crippen molar-refractivity contribution in [3.8, 4) is 5.75 Å². The number of aromatic nitrogens is 1. The van der Waals surface area contributed by atoms with Crippen LogP contribution in [0.2, 0.25) is 0 Å². The average Bonchev–Trinajstić information content (AvgIpc) is 3.07. The molecule has 1 heterocycles. The van der Waals surface area contributed by atoms with E-state index in [-0.39, 0.29) is 5.91 Å². The number of amides is 1. The molecule has 0 unspecified atom stereocenters. The SMILES string of the molecule is CCOc1ccccc1NC(=O)c1ccc(CSc2nc(C)cs2)cc1. The molecular weight excluding hydrogens is 364 g/mol. The molecule has 3 aromatic rings. The molecule has 0 saturated heterocycles. The van der Waals surface area contributed by atoms with Gasteiger partial charge in [0, 0.05) is 22.4 Å². The third kappa shape index (κ3) is 4.86. The molecule has 0 radical (unpaired) electrons. The standard InChI is InChI=1S/C20H20N2O2S2/c1-3-24-18-7-5-4-6-17(18)22-19(23)16-10-8-15(9-11-16)13-26-20-21-14(2)12-25-20/h4-12H,3,13H2,1-2H3,(H,22,23). The van der Waals surface area contributed by atoms with Gasteiger partial charge in [-0.15, -0.1) is 11.3 Å². The average molecular weight is 385 g/mol. The van der Waals surface area contributed by atoms with E-state index in [1.165, 1.54) is 0 Å². The Morgan fingerprint density at radius 3 is 2.65 bits per heavy atom. The first kappa shape index (κ1) is 18.5. The van der Waals surface area contributed by atoms with Gasteiger partial charge in [-0.3, -0.25) is 4.79 Å². The van der Waals surface area contributed by atoms with Gasteiger partial charge in [-0.2, -0.15) is 0 Å². The minimum absolute atomic E-state index is 0.146. The summed E-state index contributed by atoms with van der Waals surface area (Å²) in [5.74, 6) is 1.36. The van der Waals surface area contributed by atoms with E-state index in [2.05, 4.69) is 15.7 Å². The number of anilines is 1. The van der Waals surface area contributed by atoms with Crippen LogP contribution in [0.3, 0.4) is 0 Å². The van der Waals surface area contributed by atoms with Gasteiger partial charge in [0.15, 0.2) is 0 Å². The van der Waals surface area contributed by atoms with Crippen LogP contribution in [0, 0.1) is 6.92 Å². The number of benzene rings is 2. The molecule has 1 aromatic heterocycles. The molecule has 2 aromatic carbocycles. The molecule has 0 aliphatic rings. The predicted octanol–water partition coefficient (Wildman–Crippen LogP) is 5.39. The molecule has 0 spiro atoms. The first-order valence-corrected chi connectivity index (χ1v) is 10.2. The summed E-state index contributed by atoms with van der Waals surface area (Å²) in [6.45, 7) is 4.47. The second kappa shape index (κ2) is 8.87. The molecule has 4 nitrogen and oxygen atoms in total. The Hall–Kier alpha value is -2.31. The van der Waals surface area contributed by atoms with Gasteiger partial charge >= 0.3 is 0 Å². The molecule has 0 aliphatic heterocycles. The Morgan fingerprint density at radius 1 is 1.19 bits per heavy atom. The quantitative estimate of drug-likeness (QED) is 0.555. The van der Waals surface area contributed by atoms with Gasteiger partial charge in [0.25, 0.3) is 5.91 Å². The van der Waals surface area contributed by atoms with Crippen molar-refractivity contribution in [3.63, 3.8) is 0 Å². The van der Waals surface area contributed by atoms with E-state index in [1.807, 2.05) is 62.4 Å². The molecule has 1 N–H and O–H groups in total. The number of nitrogens with zero attached hydrogens (tertiary/aromatic N) is 1. The van der Waals surface area contributed by atoms with E-state index in [1.54, 1.807) is 23.1 Å².